The molecule has 0 aliphatic carbocycles. The van der Waals surface area contributed by atoms with E-state index in [9.17, 15) is 17.6 Å². The number of nitrogens with zero attached hydrogens (tertiary/aromatic N) is 2. The zero-order valence-corrected chi connectivity index (χ0v) is 16.0. The lowest BCUT2D eigenvalue weighted by molar-refractivity contribution is -0.118. The lowest BCUT2D eigenvalue weighted by Gasteiger charge is -2.24. The molecule has 3 rings (SSSR count). The highest BCUT2D eigenvalue weighted by Gasteiger charge is 2.49. The molecule has 1 aromatic carbocycles. The Balaban J connectivity index is 1.99. The largest absolute Gasteiger partial charge is 0.315 e. The van der Waals surface area contributed by atoms with Gasteiger partial charge in [-0.15, -0.1) is 0 Å². The number of anilines is 1. The van der Waals surface area contributed by atoms with Crippen molar-refractivity contribution in [3.05, 3.63) is 29.6 Å². The van der Waals surface area contributed by atoms with Crippen LogP contribution in [-0.2, 0) is 14.6 Å². The summed E-state index contributed by atoms with van der Waals surface area (Å²) < 4.78 is 38.0. The van der Waals surface area contributed by atoms with Crippen LogP contribution in [0.4, 0.5) is 10.1 Å². The molecule has 2 atom stereocenters. The first-order chi connectivity index (χ1) is 11.7. The third-order valence-electron chi connectivity index (χ3n) is 4.30. The molecule has 0 saturated carbocycles. The minimum absolute atomic E-state index is 0.00243. The Hall–Kier alpha value is -1.41. The van der Waals surface area contributed by atoms with E-state index in [4.69, 9.17) is 0 Å². The summed E-state index contributed by atoms with van der Waals surface area (Å²) in [6.07, 6.45) is 0.327. The molecule has 2 aliphatic rings. The third kappa shape index (κ3) is 3.89. The fourth-order valence-electron chi connectivity index (χ4n) is 3.10. The summed E-state index contributed by atoms with van der Waals surface area (Å²) in [4.78, 5) is 18.1. The quantitative estimate of drug-likeness (QED) is 0.802. The SMILES string of the molecule is Cc1ccc(N2C(=NC(=O)CC(C)C)S[C@@H]3CS(=O)(=O)C[C@@H]32)cc1F. The topological polar surface area (TPSA) is 66.8 Å². The standard InChI is InChI=1S/C17H21FN2O3S2/c1-10(2)6-16(21)19-17-20(12-5-4-11(3)13(18)7-12)14-8-25(22,23)9-15(14)24-17/h4-5,7,10,14-15H,6,8-9H2,1-3H3/t14-,15+/m0/s1. The van der Waals surface area contributed by atoms with E-state index >= 15 is 0 Å². The maximum absolute atomic E-state index is 14.0. The van der Waals surface area contributed by atoms with Crippen molar-refractivity contribution in [2.45, 2.75) is 38.5 Å². The van der Waals surface area contributed by atoms with Crippen molar-refractivity contribution in [2.75, 3.05) is 16.4 Å². The zero-order valence-electron chi connectivity index (χ0n) is 14.4. The van der Waals surface area contributed by atoms with Crippen molar-refractivity contribution in [2.24, 2.45) is 10.9 Å². The predicted octanol–water partition coefficient (Wildman–Crippen LogP) is 2.78. The van der Waals surface area contributed by atoms with E-state index in [1.54, 1.807) is 24.0 Å². The molecule has 2 heterocycles. The molecule has 2 aliphatic heterocycles. The highest BCUT2D eigenvalue weighted by Crippen LogP contribution is 2.41. The number of sulfone groups is 1. The average molecular weight is 384 g/mol. The number of aliphatic imine (C=N–C) groups is 1. The minimum Gasteiger partial charge on any atom is -0.315 e. The van der Waals surface area contributed by atoms with Crippen molar-refractivity contribution < 1.29 is 17.6 Å². The van der Waals surface area contributed by atoms with Gasteiger partial charge in [-0.1, -0.05) is 31.7 Å². The van der Waals surface area contributed by atoms with Gasteiger partial charge in [-0.2, -0.15) is 4.99 Å². The Morgan fingerprint density at radius 3 is 2.76 bits per heavy atom. The highest BCUT2D eigenvalue weighted by atomic mass is 32.2. The molecule has 2 fully saturated rings. The van der Waals surface area contributed by atoms with Crippen LogP contribution in [0.2, 0.25) is 0 Å². The number of amides is 1. The summed E-state index contributed by atoms with van der Waals surface area (Å²) in [5.41, 5.74) is 1.05. The number of aryl methyl sites for hydroxylation is 1. The molecule has 0 bridgehead atoms. The van der Waals surface area contributed by atoms with Crippen LogP contribution in [0.1, 0.15) is 25.8 Å². The van der Waals surface area contributed by atoms with Gasteiger partial charge in [0.2, 0.25) is 5.91 Å². The number of halogens is 1. The van der Waals surface area contributed by atoms with Gasteiger partial charge in [0.1, 0.15) is 5.82 Å². The highest BCUT2D eigenvalue weighted by molar-refractivity contribution is 8.16. The molecule has 136 valence electrons. The molecule has 8 heteroatoms. The Morgan fingerprint density at radius 2 is 2.12 bits per heavy atom. The zero-order chi connectivity index (χ0) is 18.4. The molecule has 1 amide bonds. The van der Waals surface area contributed by atoms with Crippen molar-refractivity contribution in [1.29, 1.82) is 0 Å². The number of hydrogen-bond acceptors (Lipinski definition) is 4. The monoisotopic (exact) mass is 384 g/mol. The number of benzene rings is 1. The van der Waals surface area contributed by atoms with Crippen LogP contribution < -0.4 is 4.90 Å². The number of amidine groups is 1. The summed E-state index contributed by atoms with van der Waals surface area (Å²) in [6.45, 7) is 5.55. The fraction of sp³-hybridized carbons (Fsp3) is 0.529. The second kappa shape index (κ2) is 6.72. The van der Waals surface area contributed by atoms with Gasteiger partial charge in [0.25, 0.3) is 0 Å². The van der Waals surface area contributed by atoms with Gasteiger partial charge >= 0.3 is 0 Å². The summed E-state index contributed by atoms with van der Waals surface area (Å²) in [7, 11) is -3.13. The molecule has 1 aromatic rings. The number of rotatable bonds is 3. The molecule has 0 radical (unpaired) electrons. The predicted molar refractivity (Wildman–Crippen MR) is 99.3 cm³/mol. The Bertz CT molecular complexity index is 836. The number of carbonyl (C=O) groups excluding carboxylic acids is 1. The van der Waals surface area contributed by atoms with Gasteiger partial charge in [-0.25, -0.2) is 12.8 Å². The van der Waals surface area contributed by atoms with Crippen LogP contribution in [-0.4, -0.2) is 42.3 Å². The van der Waals surface area contributed by atoms with Crippen molar-refractivity contribution in [3.8, 4) is 0 Å². The van der Waals surface area contributed by atoms with E-state index in [2.05, 4.69) is 4.99 Å². The maximum atomic E-state index is 14.0. The van der Waals surface area contributed by atoms with E-state index < -0.39 is 9.84 Å². The van der Waals surface area contributed by atoms with E-state index in [0.29, 0.717) is 22.8 Å². The molecular formula is C17H21FN2O3S2. The van der Waals surface area contributed by atoms with E-state index in [-0.39, 0.29) is 40.4 Å². The Morgan fingerprint density at radius 1 is 1.40 bits per heavy atom. The summed E-state index contributed by atoms with van der Waals surface area (Å²) in [5.74, 6) is -0.353. The lowest BCUT2D eigenvalue weighted by atomic mass is 10.1. The van der Waals surface area contributed by atoms with Gasteiger partial charge in [-0.05, 0) is 30.5 Å². The van der Waals surface area contributed by atoms with Gasteiger partial charge in [0.15, 0.2) is 15.0 Å². The first-order valence-electron chi connectivity index (χ1n) is 8.20. The van der Waals surface area contributed by atoms with Crippen molar-refractivity contribution in [3.63, 3.8) is 0 Å². The maximum Gasteiger partial charge on any atom is 0.248 e. The lowest BCUT2D eigenvalue weighted by Crippen LogP contribution is -2.37. The molecule has 0 N–H and O–H groups in total. The second-order valence-electron chi connectivity index (χ2n) is 6.99. The number of thioether (sulfide) groups is 1. The molecule has 0 unspecified atom stereocenters. The van der Waals surface area contributed by atoms with Crippen molar-refractivity contribution in [1.82, 2.24) is 0 Å². The average Bonchev–Trinajstić information content (AvgIpc) is 2.92. The first-order valence-corrected chi connectivity index (χ1v) is 10.9. The van der Waals surface area contributed by atoms with Crippen LogP contribution in [0.15, 0.2) is 23.2 Å². The van der Waals surface area contributed by atoms with Crippen LogP contribution in [0.5, 0.6) is 0 Å². The van der Waals surface area contributed by atoms with Gasteiger partial charge < -0.3 is 4.90 Å². The second-order valence-corrected chi connectivity index (χ2v) is 10.4. The summed E-state index contributed by atoms with van der Waals surface area (Å²) in [6, 6.07) is 4.46. The normalized spacial score (nSPS) is 26.4. The summed E-state index contributed by atoms with van der Waals surface area (Å²) >= 11 is 1.31. The van der Waals surface area contributed by atoms with E-state index in [1.807, 2.05) is 13.8 Å². The smallest absolute Gasteiger partial charge is 0.248 e. The van der Waals surface area contributed by atoms with Crippen LogP contribution in [0.25, 0.3) is 0 Å². The van der Waals surface area contributed by atoms with Gasteiger partial charge in [0.05, 0.1) is 17.5 Å². The van der Waals surface area contributed by atoms with Gasteiger partial charge in [0, 0.05) is 17.4 Å². The number of hydrogen-bond donors (Lipinski definition) is 0. The van der Waals surface area contributed by atoms with Crippen LogP contribution in [0, 0.1) is 18.7 Å². The minimum atomic E-state index is -3.13. The third-order valence-corrected chi connectivity index (χ3v) is 7.51. The first kappa shape index (κ1) is 18.4. The Labute approximate surface area is 151 Å². The van der Waals surface area contributed by atoms with E-state index in [0.717, 1.165) is 0 Å². The number of carbonyl (C=O) groups is 1. The number of fused-ring (bicyclic) bond motifs is 1. The van der Waals surface area contributed by atoms with Crippen molar-refractivity contribution >= 4 is 38.4 Å². The molecule has 0 aromatic heterocycles. The summed E-state index contributed by atoms with van der Waals surface area (Å²) in [5, 5.41) is 0.291. The molecule has 0 spiro atoms. The fourth-order valence-corrected chi connectivity index (χ4v) is 7.03. The molecule has 2 saturated heterocycles. The molecular weight excluding hydrogens is 363 g/mol. The van der Waals surface area contributed by atoms with E-state index in [1.165, 1.54) is 17.8 Å². The van der Waals surface area contributed by atoms with Crippen LogP contribution >= 0.6 is 11.8 Å². The molecule has 5 nitrogen and oxygen atoms in total. The Kier molecular flexibility index (Phi) is 4.94. The van der Waals surface area contributed by atoms with Gasteiger partial charge in [-0.3, -0.25) is 4.79 Å². The van der Waals surface area contributed by atoms with Crippen LogP contribution in [0.3, 0.4) is 0 Å². The molecule has 25 heavy (non-hydrogen) atoms.